The summed E-state index contributed by atoms with van der Waals surface area (Å²) in [5.41, 5.74) is -0.0984. The highest BCUT2D eigenvalue weighted by molar-refractivity contribution is 9.10. The Labute approximate surface area is 103 Å². The van der Waals surface area contributed by atoms with Crippen molar-refractivity contribution in [2.45, 2.75) is 38.9 Å². The molecule has 0 aliphatic carbocycles. The second kappa shape index (κ2) is 4.20. The van der Waals surface area contributed by atoms with Crippen LogP contribution in [0.15, 0.2) is 15.9 Å². The Balaban J connectivity index is 2.16. The molecule has 0 saturated carbocycles. The van der Waals surface area contributed by atoms with Gasteiger partial charge in [-0.05, 0) is 49.2 Å². The van der Waals surface area contributed by atoms with Gasteiger partial charge in [-0.15, -0.1) is 0 Å². The summed E-state index contributed by atoms with van der Waals surface area (Å²) in [5.74, 6) is 0. The zero-order valence-electron chi connectivity index (χ0n) is 9.12. The Hall–Kier alpha value is 0.165. The maximum absolute atomic E-state index is 5.91. The van der Waals surface area contributed by atoms with Crippen molar-refractivity contribution in [2.75, 3.05) is 0 Å². The van der Waals surface area contributed by atoms with Gasteiger partial charge < -0.3 is 9.31 Å². The van der Waals surface area contributed by atoms with Crippen LogP contribution in [-0.2, 0) is 9.31 Å². The number of hydrogen-bond donors (Lipinski definition) is 0. The van der Waals surface area contributed by atoms with Crippen LogP contribution >= 0.6 is 27.3 Å². The molecule has 0 unspecified atom stereocenters. The predicted molar refractivity (Wildman–Crippen MR) is 67.7 cm³/mol. The lowest BCUT2D eigenvalue weighted by atomic mass is 9.81. The molecule has 0 amide bonds. The van der Waals surface area contributed by atoms with E-state index in [1.165, 1.54) is 0 Å². The molecule has 2 rings (SSSR count). The Morgan fingerprint density at radius 1 is 1.60 bits per heavy atom. The van der Waals surface area contributed by atoms with E-state index in [1.54, 1.807) is 11.3 Å². The van der Waals surface area contributed by atoms with Crippen molar-refractivity contribution in [3.8, 4) is 0 Å². The van der Waals surface area contributed by atoms with Crippen molar-refractivity contribution in [3.05, 3.63) is 15.9 Å². The quantitative estimate of drug-likeness (QED) is 0.740. The predicted octanol–water partition coefficient (Wildman–Crippen LogP) is 2.81. The molecule has 1 aliphatic heterocycles. The first-order chi connectivity index (χ1) is 6.96. The van der Waals surface area contributed by atoms with Gasteiger partial charge in [0.25, 0.3) is 0 Å². The molecule has 1 atom stereocenters. The average Bonchev–Trinajstić information content (AvgIpc) is 2.48. The number of rotatable bonds is 1. The largest absolute Gasteiger partial charge is 0.505 e. The van der Waals surface area contributed by atoms with E-state index in [2.05, 4.69) is 42.8 Å². The maximum Gasteiger partial charge on any atom is 0.505 e. The zero-order chi connectivity index (χ0) is 11.1. The van der Waals surface area contributed by atoms with Gasteiger partial charge in [-0.1, -0.05) is 0 Å². The second-order valence-electron chi connectivity index (χ2n) is 4.53. The van der Waals surface area contributed by atoms with E-state index in [1.807, 2.05) is 5.38 Å². The van der Waals surface area contributed by atoms with Crippen LogP contribution in [0.1, 0.15) is 27.2 Å². The molecule has 0 bridgehead atoms. The van der Waals surface area contributed by atoms with Crippen LogP contribution in [0.2, 0.25) is 0 Å². The number of halogens is 1. The van der Waals surface area contributed by atoms with Crippen LogP contribution in [0, 0.1) is 0 Å². The monoisotopic (exact) mass is 288 g/mol. The summed E-state index contributed by atoms with van der Waals surface area (Å²) in [6.45, 7) is 6.32. The Morgan fingerprint density at radius 2 is 2.33 bits per heavy atom. The minimum Gasteiger partial charge on any atom is -0.404 e. The van der Waals surface area contributed by atoms with E-state index < -0.39 is 0 Å². The molecule has 15 heavy (non-hydrogen) atoms. The van der Waals surface area contributed by atoms with Crippen LogP contribution in [0.25, 0.3) is 0 Å². The molecule has 1 fully saturated rings. The zero-order valence-corrected chi connectivity index (χ0v) is 11.5. The minimum atomic E-state index is -0.208. The van der Waals surface area contributed by atoms with Crippen molar-refractivity contribution < 1.29 is 9.31 Å². The minimum absolute atomic E-state index is 0.0984. The van der Waals surface area contributed by atoms with E-state index in [9.17, 15) is 0 Å². The molecule has 1 aliphatic rings. The summed E-state index contributed by atoms with van der Waals surface area (Å²) >= 11 is 5.10. The summed E-state index contributed by atoms with van der Waals surface area (Å²) in [6, 6.07) is 2.06. The summed E-state index contributed by atoms with van der Waals surface area (Å²) in [6.07, 6.45) is 1.19. The summed E-state index contributed by atoms with van der Waals surface area (Å²) in [4.78, 5) is 0. The third-order valence-electron chi connectivity index (χ3n) is 2.38. The van der Waals surface area contributed by atoms with Gasteiger partial charge in [0, 0.05) is 20.7 Å². The fraction of sp³-hybridized carbons (Fsp3) is 0.600. The van der Waals surface area contributed by atoms with Crippen molar-refractivity contribution in [3.63, 3.8) is 0 Å². The lowest BCUT2D eigenvalue weighted by molar-refractivity contribution is -0.0226. The standard InChI is InChI=1S/C10H14BBrO2S/c1-7-5-10(2,3)14-11(13-7)9-4-8(12)6-15-9/h4,6-7H,5H2,1-3H3/t7-/m0/s1. The first-order valence-electron chi connectivity index (χ1n) is 5.03. The summed E-state index contributed by atoms with van der Waals surface area (Å²) in [7, 11) is -0.208. The first kappa shape index (κ1) is 11.6. The highest BCUT2D eigenvalue weighted by Gasteiger charge is 2.38. The van der Waals surface area contributed by atoms with E-state index in [0.29, 0.717) is 0 Å². The summed E-state index contributed by atoms with van der Waals surface area (Å²) < 4.78 is 13.9. The van der Waals surface area contributed by atoms with Gasteiger partial charge in [0.2, 0.25) is 0 Å². The van der Waals surface area contributed by atoms with Gasteiger partial charge in [-0.25, -0.2) is 0 Å². The number of thiophene rings is 1. The van der Waals surface area contributed by atoms with Crippen LogP contribution in [0.5, 0.6) is 0 Å². The van der Waals surface area contributed by atoms with Gasteiger partial charge in [-0.2, -0.15) is 11.3 Å². The molecule has 0 spiro atoms. The average molecular weight is 289 g/mol. The molecule has 1 saturated heterocycles. The molecular weight excluding hydrogens is 275 g/mol. The maximum atomic E-state index is 5.91. The highest BCUT2D eigenvalue weighted by atomic mass is 79.9. The molecule has 0 N–H and O–H groups in total. The third-order valence-corrected chi connectivity index (χ3v) is 4.10. The lowest BCUT2D eigenvalue weighted by Gasteiger charge is -2.37. The second-order valence-corrected chi connectivity index (χ2v) is 6.39. The molecule has 0 radical (unpaired) electrons. The lowest BCUT2D eigenvalue weighted by Crippen LogP contribution is -2.50. The SMILES string of the molecule is C[C@H]1CC(C)(C)OB(c2cc(Br)cs2)O1. The van der Waals surface area contributed by atoms with Gasteiger partial charge >= 0.3 is 7.12 Å². The molecule has 0 aromatic carbocycles. The molecule has 1 aromatic rings. The fourth-order valence-corrected chi connectivity index (χ4v) is 3.30. The molecule has 2 nitrogen and oxygen atoms in total. The van der Waals surface area contributed by atoms with Crippen molar-refractivity contribution >= 4 is 39.2 Å². The van der Waals surface area contributed by atoms with E-state index in [-0.39, 0.29) is 18.8 Å². The van der Waals surface area contributed by atoms with Gasteiger partial charge in [-0.3, -0.25) is 0 Å². The van der Waals surface area contributed by atoms with E-state index in [0.717, 1.165) is 15.7 Å². The Kier molecular flexibility index (Phi) is 3.26. The molecule has 82 valence electrons. The first-order valence-corrected chi connectivity index (χ1v) is 6.71. The molecule has 5 heteroatoms. The van der Waals surface area contributed by atoms with Crippen LogP contribution in [0.4, 0.5) is 0 Å². The smallest absolute Gasteiger partial charge is 0.404 e. The molecule has 2 heterocycles. The van der Waals surface area contributed by atoms with Crippen molar-refractivity contribution in [2.24, 2.45) is 0 Å². The highest BCUT2D eigenvalue weighted by Crippen LogP contribution is 2.26. The van der Waals surface area contributed by atoms with Gasteiger partial charge in [0.15, 0.2) is 0 Å². The summed E-state index contributed by atoms with van der Waals surface area (Å²) in [5, 5.41) is 2.05. The van der Waals surface area contributed by atoms with Crippen molar-refractivity contribution in [1.82, 2.24) is 0 Å². The normalized spacial score (nSPS) is 25.6. The topological polar surface area (TPSA) is 18.5 Å². The molecule has 1 aromatic heterocycles. The van der Waals surface area contributed by atoms with Gasteiger partial charge in [0.1, 0.15) is 0 Å². The molecular formula is C10H14BBrO2S. The van der Waals surface area contributed by atoms with Crippen LogP contribution in [-0.4, -0.2) is 18.8 Å². The third kappa shape index (κ3) is 2.84. The van der Waals surface area contributed by atoms with Crippen LogP contribution in [0.3, 0.4) is 0 Å². The van der Waals surface area contributed by atoms with E-state index >= 15 is 0 Å². The van der Waals surface area contributed by atoms with E-state index in [4.69, 9.17) is 9.31 Å². The number of hydrogen-bond acceptors (Lipinski definition) is 3. The van der Waals surface area contributed by atoms with Crippen LogP contribution < -0.4 is 4.78 Å². The van der Waals surface area contributed by atoms with Gasteiger partial charge in [0.05, 0.1) is 5.60 Å². The Morgan fingerprint density at radius 3 is 2.87 bits per heavy atom. The Bertz CT molecular complexity index is 353. The fourth-order valence-electron chi connectivity index (χ4n) is 1.89. The van der Waals surface area contributed by atoms with Crippen molar-refractivity contribution in [1.29, 1.82) is 0 Å².